The SMILES string of the molecule is O=C(NC(CSCc1ccccc1)C(=O)Nc1ccc([N+](=O)[O-])cc1)c1coc(C2CCCN2)n1. The molecule has 3 aromatic rings. The van der Waals surface area contributed by atoms with E-state index in [4.69, 9.17) is 4.42 Å². The van der Waals surface area contributed by atoms with Gasteiger partial charge in [-0.3, -0.25) is 19.7 Å². The first-order valence-electron chi connectivity index (χ1n) is 11.2. The minimum atomic E-state index is -0.865. The molecule has 35 heavy (non-hydrogen) atoms. The predicted octanol–water partition coefficient (Wildman–Crippen LogP) is 3.68. The van der Waals surface area contributed by atoms with E-state index >= 15 is 0 Å². The summed E-state index contributed by atoms with van der Waals surface area (Å²) in [5, 5.41) is 19.6. The van der Waals surface area contributed by atoms with Crippen LogP contribution in [0.25, 0.3) is 0 Å². The van der Waals surface area contributed by atoms with Crippen LogP contribution >= 0.6 is 11.8 Å². The summed E-state index contributed by atoms with van der Waals surface area (Å²) < 4.78 is 5.48. The molecule has 0 aliphatic carbocycles. The number of nitrogens with zero attached hydrogens (tertiary/aromatic N) is 2. The Bertz CT molecular complexity index is 1160. The third-order valence-electron chi connectivity index (χ3n) is 5.48. The van der Waals surface area contributed by atoms with Crippen LogP contribution in [0.4, 0.5) is 11.4 Å². The van der Waals surface area contributed by atoms with Gasteiger partial charge in [0.25, 0.3) is 11.6 Å². The number of aromatic nitrogens is 1. The van der Waals surface area contributed by atoms with E-state index in [1.54, 1.807) is 0 Å². The third-order valence-corrected chi connectivity index (χ3v) is 6.58. The molecule has 2 atom stereocenters. The zero-order chi connectivity index (χ0) is 24.6. The average molecular weight is 496 g/mol. The van der Waals surface area contributed by atoms with Crippen molar-refractivity contribution in [3.05, 3.63) is 88.1 Å². The Balaban J connectivity index is 1.42. The molecule has 0 radical (unpaired) electrons. The lowest BCUT2D eigenvalue weighted by Gasteiger charge is -2.18. The van der Waals surface area contributed by atoms with Crippen LogP contribution in [0.5, 0.6) is 0 Å². The Morgan fingerprint density at radius 2 is 1.97 bits per heavy atom. The smallest absolute Gasteiger partial charge is 0.273 e. The van der Waals surface area contributed by atoms with Crippen LogP contribution in [0.3, 0.4) is 0 Å². The van der Waals surface area contributed by atoms with Crippen molar-refractivity contribution < 1.29 is 18.9 Å². The fourth-order valence-corrected chi connectivity index (χ4v) is 4.64. The number of carbonyl (C=O) groups is 2. The number of oxazole rings is 1. The van der Waals surface area contributed by atoms with E-state index < -0.39 is 22.8 Å². The van der Waals surface area contributed by atoms with Gasteiger partial charge in [0.15, 0.2) is 5.69 Å². The molecule has 1 aliphatic heterocycles. The van der Waals surface area contributed by atoms with Crippen molar-refractivity contribution >= 4 is 35.0 Å². The number of anilines is 1. The summed E-state index contributed by atoms with van der Waals surface area (Å²) in [6.45, 7) is 0.873. The van der Waals surface area contributed by atoms with Gasteiger partial charge in [-0.25, -0.2) is 4.98 Å². The molecular formula is C24H25N5O5S. The van der Waals surface area contributed by atoms with E-state index in [1.165, 1.54) is 42.3 Å². The van der Waals surface area contributed by atoms with Crippen molar-refractivity contribution in [1.29, 1.82) is 0 Å². The third kappa shape index (κ3) is 6.67. The van der Waals surface area contributed by atoms with Gasteiger partial charge in [0, 0.05) is 29.3 Å². The second kappa shape index (κ2) is 11.6. The second-order valence-corrected chi connectivity index (χ2v) is 9.07. The van der Waals surface area contributed by atoms with Gasteiger partial charge < -0.3 is 20.4 Å². The van der Waals surface area contributed by atoms with Crippen LogP contribution in [0, 0.1) is 10.1 Å². The van der Waals surface area contributed by atoms with Crippen molar-refractivity contribution in [3.63, 3.8) is 0 Å². The molecular weight excluding hydrogens is 470 g/mol. The molecule has 0 bridgehead atoms. The summed E-state index contributed by atoms with van der Waals surface area (Å²) in [4.78, 5) is 40.6. The quantitative estimate of drug-likeness (QED) is 0.286. The topological polar surface area (TPSA) is 139 Å². The van der Waals surface area contributed by atoms with E-state index in [1.807, 2.05) is 30.3 Å². The number of non-ortho nitro benzene ring substituents is 1. The number of benzene rings is 2. The Morgan fingerprint density at radius 1 is 1.20 bits per heavy atom. The van der Waals surface area contributed by atoms with Gasteiger partial charge in [-0.05, 0) is 37.1 Å². The molecule has 1 fully saturated rings. The first-order chi connectivity index (χ1) is 17.0. The summed E-state index contributed by atoms with van der Waals surface area (Å²) in [6.07, 6.45) is 3.20. The Labute approximate surface area is 206 Å². The molecule has 2 amide bonds. The van der Waals surface area contributed by atoms with Crippen LogP contribution in [0.15, 0.2) is 65.3 Å². The summed E-state index contributed by atoms with van der Waals surface area (Å²) in [5.41, 5.74) is 1.52. The molecule has 1 aliphatic rings. The number of nitro benzene ring substituents is 1. The molecule has 4 rings (SSSR count). The van der Waals surface area contributed by atoms with Crippen molar-refractivity contribution in [2.45, 2.75) is 30.7 Å². The highest BCUT2D eigenvalue weighted by molar-refractivity contribution is 7.98. The number of thioether (sulfide) groups is 1. The van der Waals surface area contributed by atoms with Crippen LogP contribution in [0.2, 0.25) is 0 Å². The fraction of sp³-hybridized carbons (Fsp3) is 0.292. The molecule has 2 heterocycles. The molecule has 1 saturated heterocycles. The fourth-order valence-electron chi connectivity index (χ4n) is 3.63. The molecule has 2 aromatic carbocycles. The van der Waals surface area contributed by atoms with Crippen LogP contribution in [-0.4, -0.2) is 40.1 Å². The highest BCUT2D eigenvalue weighted by Crippen LogP contribution is 2.22. The van der Waals surface area contributed by atoms with Crippen LogP contribution in [-0.2, 0) is 10.5 Å². The van der Waals surface area contributed by atoms with E-state index in [0.717, 1.165) is 24.9 Å². The van der Waals surface area contributed by atoms with E-state index in [-0.39, 0.29) is 17.4 Å². The Kier molecular flexibility index (Phi) is 8.11. The van der Waals surface area contributed by atoms with E-state index in [9.17, 15) is 19.7 Å². The Hall–Kier alpha value is -3.70. The lowest BCUT2D eigenvalue weighted by molar-refractivity contribution is -0.384. The van der Waals surface area contributed by atoms with E-state index in [0.29, 0.717) is 23.1 Å². The van der Waals surface area contributed by atoms with Crippen molar-refractivity contribution in [2.75, 3.05) is 17.6 Å². The molecule has 10 nitrogen and oxygen atoms in total. The molecule has 11 heteroatoms. The van der Waals surface area contributed by atoms with Crippen molar-refractivity contribution in [1.82, 2.24) is 15.6 Å². The lowest BCUT2D eigenvalue weighted by Crippen LogP contribution is -2.45. The number of nitrogens with one attached hydrogen (secondary N) is 3. The zero-order valence-corrected chi connectivity index (χ0v) is 19.6. The maximum atomic E-state index is 13.0. The van der Waals surface area contributed by atoms with Gasteiger partial charge in [-0.1, -0.05) is 30.3 Å². The molecule has 182 valence electrons. The number of rotatable bonds is 10. The first kappa shape index (κ1) is 24.4. The van der Waals surface area contributed by atoms with Gasteiger partial charge in [-0.15, -0.1) is 0 Å². The van der Waals surface area contributed by atoms with Crippen molar-refractivity contribution in [2.24, 2.45) is 0 Å². The first-order valence-corrected chi connectivity index (χ1v) is 12.3. The predicted molar refractivity (Wildman–Crippen MR) is 132 cm³/mol. The van der Waals surface area contributed by atoms with Gasteiger partial charge in [0.1, 0.15) is 12.3 Å². The minimum Gasteiger partial charge on any atom is -0.446 e. The van der Waals surface area contributed by atoms with Crippen LogP contribution < -0.4 is 16.0 Å². The summed E-state index contributed by atoms with van der Waals surface area (Å²) in [5.74, 6) is 0.488. The molecule has 2 unspecified atom stereocenters. The maximum Gasteiger partial charge on any atom is 0.273 e. The van der Waals surface area contributed by atoms with Crippen molar-refractivity contribution in [3.8, 4) is 0 Å². The number of nitro groups is 1. The van der Waals surface area contributed by atoms with Gasteiger partial charge in [-0.2, -0.15) is 11.8 Å². The van der Waals surface area contributed by atoms with Gasteiger partial charge in [0.05, 0.1) is 11.0 Å². The normalized spacial score (nSPS) is 15.9. The number of amides is 2. The zero-order valence-electron chi connectivity index (χ0n) is 18.8. The van der Waals surface area contributed by atoms with Gasteiger partial charge >= 0.3 is 0 Å². The second-order valence-electron chi connectivity index (χ2n) is 8.04. The summed E-state index contributed by atoms with van der Waals surface area (Å²) in [7, 11) is 0. The molecule has 1 aromatic heterocycles. The Morgan fingerprint density at radius 3 is 2.66 bits per heavy atom. The monoisotopic (exact) mass is 495 g/mol. The largest absolute Gasteiger partial charge is 0.446 e. The summed E-state index contributed by atoms with van der Waals surface area (Å²) in [6, 6.07) is 14.4. The minimum absolute atomic E-state index is 0.0146. The number of hydrogen-bond donors (Lipinski definition) is 3. The lowest BCUT2D eigenvalue weighted by atomic mass is 10.2. The van der Waals surface area contributed by atoms with Crippen LogP contribution in [0.1, 0.15) is 40.8 Å². The van der Waals surface area contributed by atoms with Gasteiger partial charge in [0.2, 0.25) is 11.8 Å². The maximum absolute atomic E-state index is 13.0. The summed E-state index contributed by atoms with van der Waals surface area (Å²) >= 11 is 1.50. The standard InChI is InChI=1S/C24H25N5O5S/c30-22(20-13-34-24(28-20)19-7-4-12-25-19)27-21(15-35-14-16-5-2-1-3-6-16)23(31)26-17-8-10-18(11-9-17)29(32)33/h1-3,5-6,8-11,13,19,21,25H,4,7,12,14-15H2,(H,26,31)(H,27,30). The van der Waals surface area contributed by atoms with E-state index in [2.05, 4.69) is 20.9 Å². The number of carbonyl (C=O) groups excluding carboxylic acids is 2. The molecule has 3 N–H and O–H groups in total. The molecule has 0 saturated carbocycles. The number of hydrogen-bond acceptors (Lipinski definition) is 8. The highest BCUT2D eigenvalue weighted by atomic mass is 32.2. The average Bonchev–Trinajstić information content (AvgIpc) is 3.57. The molecule has 0 spiro atoms. The highest BCUT2D eigenvalue weighted by Gasteiger charge is 2.26.